The molecule has 2 N–H and O–H groups in total. The second kappa shape index (κ2) is 10.7. The number of hydrogen-bond acceptors (Lipinski definition) is 2. The van der Waals surface area contributed by atoms with E-state index >= 15 is 0 Å². The highest BCUT2D eigenvalue weighted by Crippen LogP contribution is 2.07. The highest BCUT2D eigenvalue weighted by molar-refractivity contribution is 14.0. The van der Waals surface area contributed by atoms with E-state index in [1.807, 2.05) is 47.3 Å². The molecule has 0 amide bonds. The maximum Gasteiger partial charge on any atom is 0.191 e. The molecule has 0 saturated heterocycles. The standard InChI is InChI=1S/C21H25N5.HI/c1-3-22-21(23-15-18-11-9-17(2)10-12-18)24-16-19-13-14-26(25-19)20-7-5-4-6-8-20;/h4-14H,3,15-16H2,1-2H3,(H2,22,23,24);1H. The van der Waals surface area contributed by atoms with Gasteiger partial charge in [0.1, 0.15) is 0 Å². The molecule has 3 aromatic rings. The van der Waals surface area contributed by atoms with Crippen LogP contribution in [-0.2, 0) is 13.1 Å². The van der Waals surface area contributed by atoms with Crippen LogP contribution in [0.3, 0.4) is 0 Å². The second-order valence-electron chi connectivity index (χ2n) is 6.12. The lowest BCUT2D eigenvalue weighted by atomic mass is 10.1. The summed E-state index contributed by atoms with van der Waals surface area (Å²) in [7, 11) is 0. The molecule has 0 fully saturated rings. The molecule has 0 bridgehead atoms. The Kier molecular flexibility index (Phi) is 8.32. The Balaban J connectivity index is 0.00000261. The number of guanidine groups is 1. The van der Waals surface area contributed by atoms with Crippen LogP contribution < -0.4 is 10.6 Å². The summed E-state index contributed by atoms with van der Waals surface area (Å²) in [6, 6.07) is 20.6. The van der Waals surface area contributed by atoms with Crippen LogP contribution in [0.4, 0.5) is 0 Å². The molecule has 0 aliphatic carbocycles. The van der Waals surface area contributed by atoms with E-state index in [1.54, 1.807) is 0 Å². The highest BCUT2D eigenvalue weighted by atomic mass is 127. The molecular formula is C21H26IN5. The van der Waals surface area contributed by atoms with Gasteiger partial charge >= 0.3 is 0 Å². The Hall–Kier alpha value is -2.35. The summed E-state index contributed by atoms with van der Waals surface area (Å²) in [5.74, 6) is 0.794. The minimum absolute atomic E-state index is 0. The van der Waals surface area contributed by atoms with Crippen molar-refractivity contribution in [2.24, 2.45) is 4.99 Å². The van der Waals surface area contributed by atoms with E-state index in [9.17, 15) is 0 Å². The molecule has 142 valence electrons. The van der Waals surface area contributed by atoms with Crippen molar-refractivity contribution in [2.45, 2.75) is 26.9 Å². The number of nitrogens with zero attached hydrogens (tertiary/aromatic N) is 3. The molecule has 3 rings (SSSR count). The zero-order chi connectivity index (χ0) is 18.2. The van der Waals surface area contributed by atoms with Gasteiger partial charge in [0.05, 0.1) is 24.5 Å². The Morgan fingerprint density at radius 2 is 1.74 bits per heavy atom. The molecule has 0 spiro atoms. The third-order valence-corrected chi connectivity index (χ3v) is 3.99. The van der Waals surface area contributed by atoms with Crippen molar-refractivity contribution in [1.29, 1.82) is 0 Å². The van der Waals surface area contributed by atoms with Gasteiger partial charge in [-0.1, -0.05) is 48.0 Å². The first-order valence-electron chi connectivity index (χ1n) is 8.92. The van der Waals surface area contributed by atoms with E-state index in [0.29, 0.717) is 13.1 Å². The number of aryl methyl sites for hydroxylation is 1. The molecule has 0 unspecified atom stereocenters. The first kappa shape index (κ1) is 21.0. The molecule has 2 aromatic carbocycles. The average Bonchev–Trinajstić information content (AvgIpc) is 3.15. The Bertz CT molecular complexity index is 841. The Labute approximate surface area is 177 Å². The second-order valence-corrected chi connectivity index (χ2v) is 6.12. The SMILES string of the molecule is CCNC(=NCc1ccc(C)cc1)NCc1ccn(-c2ccccc2)n1.I. The highest BCUT2D eigenvalue weighted by Gasteiger charge is 2.03. The van der Waals surface area contributed by atoms with Gasteiger partial charge in [0.2, 0.25) is 0 Å². The van der Waals surface area contributed by atoms with E-state index in [-0.39, 0.29) is 24.0 Å². The van der Waals surface area contributed by atoms with Crippen molar-refractivity contribution >= 4 is 29.9 Å². The number of nitrogens with one attached hydrogen (secondary N) is 2. The maximum atomic E-state index is 4.65. The van der Waals surface area contributed by atoms with Crippen molar-refractivity contribution < 1.29 is 0 Å². The van der Waals surface area contributed by atoms with Gasteiger partial charge in [-0.25, -0.2) is 9.67 Å². The molecule has 0 aliphatic heterocycles. The Morgan fingerprint density at radius 3 is 2.44 bits per heavy atom. The lowest BCUT2D eigenvalue weighted by Gasteiger charge is -2.10. The smallest absolute Gasteiger partial charge is 0.191 e. The molecule has 5 nitrogen and oxygen atoms in total. The summed E-state index contributed by atoms with van der Waals surface area (Å²) in [5.41, 5.74) is 4.48. The predicted octanol–water partition coefficient (Wildman–Crippen LogP) is 4.05. The van der Waals surface area contributed by atoms with Crippen molar-refractivity contribution in [3.05, 3.63) is 83.7 Å². The third kappa shape index (κ3) is 6.39. The van der Waals surface area contributed by atoms with Crippen molar-refractivity contribution in [2.75, 3.05) is 6.54 Å². The fraction of sp³-hybridized carbons (Fsp3) is 0.238. The quantitative estimate of drug-likeness (QED) is 0.321. The van der Waals surface area contributed by atoms with Crippen molar-refractivity contribution in [1.82, 2.24) is 20.4 Å². The number of para-hydroxylation sites is 1. The lowest BCUT2D eigenvalue weighted by Crippen LogP contribution is -2.36. The first-order valence-corrected chi connectivity index (χ1v) is 8.92. The van der Waals surface area contributed by atoms with Gasteiger partial charge in [0.25, 0.3) is 0 Å². The average molecular weight is 475 g/mol. The van der Waals surface area contributed by atoms with Crippen LogP contribution in [0.15, 0.2) is 71.9 Å². The molecule has 0 radical (unpaired) electrons. The van der Waals surface area contributed by atoms with Gasteiger partial charge in [-0.2, -0.15) is 5.10 Å². The minimum Gasteiger partial charge on any atom is -0.357 e. The monoisotopic (exact) mass is 475 g/mol. The van der Waals surface area contributed by atoms with Gasteiger partial charge in [-0.3, -0.25) is 0 Å². The van der Waals surface area contributed by atoms with Crippen molar-refractivity contribution in [3.8, 4) is 5.69 Å². The largest absolute Gasteiger partial charge is 0.357 e. The normalized spacial score (nSPS) is 11.0. The van der Waals surface area contributed by atoms with Crippen LogP contribution in [0.2, 0.25) is 0 Å². The summed E-state index contributed by atoms with van der Waals surface area (Å²) in [6.07, 6.45) is 1.97. The van der Waals surface area contributed by atoms with Crippen molar-refractivity contribution in [3.63, 3.8) is 0 Å². The topological polar surface area (TPSA) is 54.2 Å². The number of halogens is 1. The predicted molar refractivity (Wildman–Crippen MR) is 122 cm³/mol. The maximum absolute atomic E-state index is 4.65. The fourth-order valence-corrected chi connectivity index (χ4v) is 2.56. The van der Waals surface area contributed by atoms with E-state index in [1.165, 1.54) is 11.1 Å². The number of hydrogen-bond donors (Lipinski definition) is 2. The van der Waals surface area contributed by atoms with Crippen LogP contribution in [0.5, 0.6) is 0 Å². The first-order chi connectivity index (χ1) is 12.7. The molecule has 1 heterocycles. The van der Waals surface area contributed by atoms with Crippen LogP contribution in [-0.4, -0.2) is 22.3 Å². The van der Waals surface area contributed by atoms with Crippen LogP contribution in [0.25, 0.3) is 5.69 Å². The molecule has 0 saturated carbocycles. The zero-order valence-electron chi connectivity index (χ0n) is 15.7. The summed E-state index contributed by atoms with van der Waals surface area (Å²) < 4.78 is 1.88. The Morgan fingerprint density at radius 1 is 1.00 bits per heavy atom. The summed E-state index contributed by atoms with van der Waals surface area (Å²) in [5, 5.41) is 11.2. The number of rotatable bonds is 6. The van der Waals surface area contributed by atoms with E-state index in [0.717, 1.165) is 23.9 Å². The van der Waals surface area contributed by atoms with E-state index < -0.39 is 0 Å². The molecule has 0 aliphatic rings. The van der Waals surface area contributed by atoms with Gasteiger partial charge < -0.3 is 10.6 Å². The molecule has 1 aromatic heterocycles. The number of aliphatic imine (C=N–C) groups is 1. The minimum atomic E-state index is 0. The molecule has 27 heavy (non-hydrogen) atoms. The van der Waals surface area contributed by atoms with Crippen LogP contribution in [0, 0.1) is 6.92 Å². The third-order valence-electron chi connectivity index (χ3n) is 3.99. The zero-order valence-corrected chi connectivity index (χ0v) is 18.1. The van der Waals surface area contributed by atoms with E-state index in [2.05, 4.69) is 58.8 Å². The van der Waals surface area contributed by atoms with Gasteiger partial charge in [0, 0.05) is 12.7 Å². The van der Waals surface area contributed by atoms with E-state index in [4.69, 9.17) is 0 Å². The van der Waals surface area contributed by atoms with Gasteiger partial charge in [-0.15, -0.1) is 24.0 Å². The summed E-state index contributed by atoms with van der Waals surface area (Å²) in [6.45, 7) is 6.24. The number of benzene rings is 2. The summed E-state index contributed by atoms with van der Waals surface area (Å²) >= 11 is 0. The number of aromatic nitrogens is 2. The summed E-state index contributed by atoms with van der Waals surface area (Å²) in [4.78, 5) is 4.65. The van der Waals surface area contributed by atoms with Gasteiger partial charge in [0.15, 0.2) is 5.96 Å². The molecular weight excluding hydrogens is 449 g/mol. The van der Waals surface area contributed by atoms with Crippen LogP contribution >= 0.6 is 24.0 Å². The lowest BCUT2D eigenvalue weighted by molar-refractivity contribution is 0.770. The van der Waals surface area contributed by atoms with Gasteiger partial charge in [-0.05, 0) is 37.6 Å². The molecule has 0 atom stereocenters. The molecule has 6 heteroatoms. The van der Waals surface area contributed by atoms with Crippen LogP contribution in [0.1, 0.15) is 23.7 Å². The fourth-order valence-electron chi connectivity index (χ4n) is 2.56.